The van der Waals surface area contributed by atoms with E-state index in [2.05, 4.69) is 20.2 Å². The molecule has 1 aromatic heterocycles. The zero-order valence-electron chi connectivity index (χ0n) is 14.9. The van der Waals surface area contributed by atoms with Gasteiger partial charge in [0.05, 0.1) is 0 Å². The van der Waals surface area contributed by atoms with Gasteiger partial charge in [-0.05, 0) is 44.9 Å². The molecule has 3 N–H and O–H groups in total. The van der Waals surface area contributed by atoms with Gasteiger partial charge in [-0.15, -0.1) is 24.8 Å². The van der Waals surface area contributed by atoms with Gasteiger partial charge in [0.1, 0.15) is 11.6 Å². The van der Waals surface area contributed by atoms with E-state index in [1.54, 1.807) is 24.3 Å². The SMILES string of the molecule is Cc1cc(N2CCC(NC(=O)c3cccc(N)c3)CC2)nc(C)n1.Cl.Cl. The van der Waals surface area contributed by atoms with E-state index in [0.717, 1.165) is 43.3 Å². The van der Waals surface area contributed by atoms with Gasteiger partial charge in [0.25, 0.3) is 5.91 Å². The van der Waals surface area contributed by atoms with Gasteiger partial charge in [0.15, 0.2) is 0 Å². The lowest BCUT2D eigenvalue weighted by Gasteiger charge is -2.33. The predicted octanol–water partition coefficient (Wildman–Crippen LogP) is 2.92. The van der Waals surface area contributed by atoms with Crippen molar-refractivity contribution < 1.29 is 4.79 Å². The van der Waals surface area contributed by atoms with Crippen molar-refractivity contribution in [3.8, 4) is 0 Å². The van der Waals surface area contributed by atoms with Crippen LogP contribution in [0, 0.1) is 13.8 Å². The highest BCUT2D eigenvalue weighted by Gasteiger charge is 2.22. The summed E-state index contributed by atoms with van der Waals surface area (Å²) in [4.78, 5) is 23.4. The molecular formula is C18H25Cl2N5O. The molecule has 1 aliphatic heterocycles. The van der Waals surface area contributed by atoms with Gasteiger partial charge in [0, 0.05) is 42.1 Å². The number of halogens is 2. The first-order valence-corrected chi connectivity index (χ1v) is 8.25. The van der Waals surface area contributed by atoms with E-state index in [9.17, 15) is 4.79 Å². The van der Waals surface area contributed by atoms with Crippen molar-refractivity contribution in [2.24, 2.45) is 0 Å². The third-order valence-corrected chi connectivity index (χ3v) is 4.26. The lowest BCUT2D eigenvalue weighted by Crippen LogP contribution is -2.45. The molecule has 6 nitrogen and oxygen atoms in total. The summed E-state index contributed by atoms with van der Waals surface area (Å²) in [6, 6.07) is 9.26. The van der Waals surface area contributed by atoms with E-state index in [1.807, 2.05) is 19.9 Å². The largest absolute Gasteiger partial charge is 0.399 e. The Morgan fingerprint density at radius 2 is 1.85 bits per heavy atom. The maximum absolute atomic E-state index is 12.3. The number of benzene rings is 1. The summed E-state index contributed by atoms with van der Waals surface area (Å²) < 4.78 is 0. The van der Waals surface area contributed by atoms with Gasteiger partial charge in [-0.2, -0.15) is 0 Å². The highest BCUT2D eigenvalue weighted by molar-refractivity contribution is 5.95. The number of piperidine rings is 1. The van der Waals surface area contributed by atoms with Crippen LogP contribution >= 0.6 is 24.8 Å². The number of aromatic nitrogens is 2. The minimum absolute atomic E-state index is 0. The van der Waals surface area contributed by atoms with Crippen LogP contribution in [0.5, 0.6) is 0 Å². The van der Waals surface area contributed by atoms with E-state index in [0.29, 0.717) is 11.3 Å². The van der Waals surface area contributed by atoms with Gasteiger partial charge in [-0.1, -0.05) is 6.07 Å². The fraction of sp³-hybridized carbons (Fsp3) is 0.389. The molecule has 0 bridgehead atoms. The lowest BCUT2D eigenvalue weighted by atomic mass is 10.0. The molecule has 0 aliphatic carbocycles. The molecule has 8 heteroatoms. The molecule has 1 aliphatic rings. The number of hydrogen-bond donors (Lipinski definition) is 2. The maximum Gasteiger partial charge on any atom is 0.251 e. The van der Waals surface area contributed by atoms with Crippen LogP contribution in [0.15, 0.2) is 30.3 Å². The quantitative estimate of drug-likeness (QED) is 0.777. The predicted molar refractivity (Wildman–Crippen MR) is 110 cm³/mol. The first kappa shape index (κ1) is 22.0. The van der Waals surface area contributed by atoms with Crippen LogP contribution in [-0.2, 0) is 0 Å². The van der Waals surface area contributed by atoms with Crippen LogP contribution < -0.4 is 16.0 Å². The number of carbonyl (C=O) groups excluding carboxylic acids is 1. The molecule has 0 unspecified atom stereocenters. The average molecular weight is 398 g/mol. The molecule has 0 saturated carbocycles. The van der Waals surface area contributed by atoms with Crippen molar-refractivity contribution >= 4 is 42.2 Å². The van der Waals surface area contributed by atoms with Gasteiger partial charge in [0.2, 0.25) is 0 Å². The fourth-order valence-electron chi connectivity index (χ4n) is 3.06. The number of amides is 1. The van der Waals surface area contributed by atoms with E-state index >= 15 is 0 Å². The second-order valence-electron chi connectivity index (χ2n) is 6.27. The number of nitrogens with two attached hydrogens (primary N) is 1. The number of carbonyl (C=O) groups is 1. The Bertz CT molecular complexity index is 728. The Morgan fingerprint density at radius 1 is 1.15 bits per heavy atom. The smallest absolute Gasteiger partial charge is 0.251 e. The minimum atomic E-state index is -0.0607. The Labute approximate surface area is 166 Å². The monoisotopic (exact) mass is 397 g/mol. The van der Waals surface area contributed by atoms with Gasteiger partial charge in [-0.25, -0.2) is 9.97 Å². The van der Waals surface area contributed by atoms with Crippen LogP contribution in [0.25, 0.3) is 0 Å². The second-order valence-corrected chi connectivity index (χ2v) is 6.27. The summed E-state index contributed by atoms with van der Waals surface area (Å²) >= 11 is 0. The number of nitrogens with one attached hydrogen (secondary N) is 1. The standard InChI is InChI=1S/C18H23N5O.2ClH/c1-12-10-17(21-13(2)20-12)23-8-6-16(7-9-23)22-18(24)14-4-3-5-15(19)11-14;;/h3-5,10-11,16H,6-9,19H2,1-2H3,(H,22,24);2*1H. The van der Waals surface area contributed by atoms with Gasteiger partial charge in [-0.3, -0.25) is 4.79 Å². The molecule has 2 aromatic rings. The first-order chi connectivity index (χ1) is 11.5. The normalized spacial score (nSPS) is 14.2. The maximum atomic E-state index is 12.3. The number of hydrogen-bond acceptors (Lipinski definition) is 5. The summed E-state index contributed by atoms with van der Waals surface area (Å²) in [6.45, 7) is 5.64. The Hall–Kier alpha value is -2.05. The third kappa shape index (κ3) is 5.47. The number of rotatable bonds is 3. The van der Waals surface area contributed by atoms with Crippen LogP contribution in [0.2, 0.25) is 0 Å². The molecule has 0 atom stereocenters. The summed E-state index contributed by atoms with van der Waals surface area (Å²) in [5, 5.41) is 3.10. The van der Waals surface area contributed by atoms with Crippen LogP contribution in [0.3, 0.4) is 0 Å². The highest BCUT2D eigenvalue weighted by atomic mass is 35.5. The van der Waals surface area contributed by atoms with E-state index in [-0.39, 0.29) is 36.8 Å². The molecule has 1 aromatic carbocycles. The van der Waals surface area contributed by atoms with E-state index in [4.69, 9.17) is 5.73 Å². The first-order valence-electron chi connectivity index (χ1n) is 8.25. The Kier molecular flexibility index (Phi) is 8.11. The van der Waals surface area contributed by atoms with E-state index in [1.165, 1.54) is 0 Å². The van der Waals surface area contributed by atoms with Crippen molar-refractivity contribution in [2.45, 2.75) is 32.7 Å². The number of aryl methyl sites for hydroxylation is 2. The topological polar surface area (TPSA) is 84.1 Å². The molecule has 1 fully saturated rings. The van der Waals surface area contributed by atoms with Gasteiger partial charge >= 0.3 is 0 Å². The lowest BCUT2D eigenvalue weighted by molar-refractivity contribution is 0.0931. The summed E-state index contributed by atoms with van der Waals surface area (Å²) in [5.41, 5.74) is 7.93. The van der Waals surface area contributed by atoms with Crippen LogP contribution in [0.4, 0.5) is 11.5 Å². The van der Waals surface area contributed by atoms with Crippen molar-refractivity contribution in [3.63, 3.8) is 0 Å². The van der Waals surface area contributed by atoms with Crippen molar-refractivity contribution in [1.82, 2.24) is 15.3 Å². The summed E-state index contributed by atoms with van der Waals surface area (Å²) in [5.74, 6) is 1.71. The third-order valence-electron chi connectivity index (χ3n) is 4.26. The van der Waals surface area contributed by atoms with Crippen LogP contribution in [0.1, 0.15) is 34.7 Å². The van der Waals surface area contributed by atoms with E-state index < -0.39 is 0 Å². The Balaban J connectivity index is 0.00000169. The van der Waals surface area contributed by atoms with Crippen molar-refractivity contribution in [2.75, 3.05) is 23.7 Å². The van der Waals surface area contributed by atoms with Gasteiger partial charge < -0.3 is 16.0 Å². The molecule has 2 heterocycles. The Morgan fingerprint density at radius 3 is 2.46 bits per heavy atom. The minimum Gasteiger partial charge on any atom is -0.399 e. The molecule has 26 heavy (non-hydrogen) atoms. The zero-order valence-corrected chi connectivity index (χ0v) is 16.6. The molecule has 0 radical (unpaired) electrons. The number of anilines is 2. The average Bonchev–Trinajstić information content (AvgIpc) is 2.54. The fourth-order valence-corrected chi connectivity index (χ4v) is 3.06. The highest BCUT2D eigenvalue weighted by Crippen LogP contribution is 2.19. The molecule has 3 rings (SSSR count). The molecule has 0 spiro atoms. The zero-order chi connectivity index (χ0) is 17.1. The van der Waals surface area contributed by atoms with Crippen molar-refractivity contribution in [1.29, 1.82) is 0 Å². The summed E-state index contributed by atoms with van der Waals surface area (Å²) in [7, 11) is 0. The van der Waals surface area contributed by atoms with Crippen LogP contribution in [-0.4, -0.2) is 35.0 Å². The molecule has 1 amide bonds. The number of nitrogens with zero attached hydrogens (tertiary/aromatic N) is 3. The summed E-state index contributed by atoms with van der Waals surface area (Å²) in [6.07, 6.45) is 1.80. The van der Waals surface area contributed by atoms with Crippen molar-refractivity contribution in [3.05, 3.63) is 47.4 Å². The number of nitrogen functional groups attached to an aromatic ring is 1. The molecule has 1 saturated heterocycles. The molecular weight excluding hydrogens is 373 g/mol. The second kappa shape index (κ2) is 9.59. The molecule has 142 valence electrons.